The first-order chi connectivity index (χ1) is 15.2. The van der Waals surface area contributed by atoms with E-state index in [0.29, 0.717) is 47.2 Å². The largest absolute Gasteiger partial charge is 0.461 e. The van der Waals surface area contributed by atoms with Crippen LogP contribution < -0.4 is 10.2 Å². The number of anilines is 2. The van der Waals surface area contributed by atoms with Crippen molar-refractivity contribution < 1.29 is 13.9 Å². The molecule has 1 saturated heterocycles. The number of furan rings is 1. The molecule has 1 amide bonds. The predicted octanol–water partition coefficient (Wildman–Crippen LogP) is 3.94. The van der Waals surface area contributed by atoms with Crippen molar-refractivity contribution in [2.45, 2.75) is 11.7 Å². The van der Waals surface area contributed by atoms with Crippen LogP contribution in [-0.2, 0) is 16.1 Å². The molecule has 1 aliphatic rings. The number of nitrogens with one attached hydrogen (secondary N) is 1. The molecule has 162 valence electrons. The van der Waals surface area contributed by atoms with Crippen LogP contribution >= 0.6 is 23.4 Å². The molecule has 0 saturated carbocycles. The normalized spacial score (nSPS) is 13.9. The molecular formula is C21H22ClN5O3S. The molecule has 1 fully saturated rings. The van der Waals surface area contributed by atoms with Crippen LogP contribution in [0.1, 0.15) is 0 Å². The number of carbonyl (C=O) groups excluding carboxylic acids is 1. The molecule has 10 heteroatoms. The van der Waals surface area contributed by atoms with Crippen molar-refractivity contribution in [2.75, 3.05) is 42.3 Å². The second-order valence-electron chi connectivity index (χ2n) is 6.79. The number of carbonyl (C=O) groups is 1. The Bertz CT molecular complexity index is 1050. The maximum absolute atomic E-state index is 12.5. The third-order valence-electron chi connectivity index (χ3n) is 4.69. The molecule has 8 nitrogen and oxygen atoms in total. The van der Waals surface area contributed by atoms with E-state index in [4.69, 9.17) is 20.8 Å². The Morgan fingerprint density at radius 3 is 2.84 bits per heavy atom. The van der Waals surface area contributed by atoms with E-state index in [0.717, 1.165) is 18.8 Å². The average molecular weight is 460 g/mol. The molecule has 0 aliphatic carbocycles. The fourth-order valence-corrected chi connectivity index (χ4v) is 4.30. The van der Waals surface area contributed by atoms with Gasteiger partial charge in [-0.25, -0.2) is 0 Å². The molecule has 0 spiro atoms. The highest BCUT2D eigenvalue weighted by molar-refractivity contribution is 7.99. The monoisotopic (exact) mass is 459 g/mol. The number of hydrogen-bond donors (Lipinski definition) is 1. The van der Waals surface area contributed by atoms with Gasteiger partial charge >= 0.3 is 0 Å². The number of halogens is 1. The van der Waals surface area contributed by atoms with E-state index >= 15 is 0 Å². The summed E-state index contributed by atoms with van der Waals surface area (Å²) in [5.41, 5.74) is 1.59. The number of amides is 1. The molecule has 0 radical (unpaired) electrons. The van der Waals surface area contributed by atoms with Crippen LogP contribution in [0.4, 0.5) is 11.4 Å². The third-order valence-corrected chi connectivity index (χ3v) is 5.96. The van der Waals surface area contributed by atoms with Gasteiger partial charge in [-0.1, -0.05) is 29.4 Å². The van der Waals surface area contributed by atoms with Crippen LogP contribution in [0, 0.1) is 0 Å². The first-order valence-electron chi connectivity index (χ1n) is 9.78. The SMILES string of the molecule is C=CCn1c(SCC(=O)Nc2ccc(N3CCOCC3)c(Cl)c2)nnc1-c1ccco1. The topological polar surface area (TPSA) is 85.4 Å². The molecule has 4 rings (SSSR count). The molecular weight excluding hydrogens is 438 g/mol. The highest BCUT2D eigenvalue weighted by Crippen LogP contribution is 2.30. The molecule has 2 aromatic heterocycles. The Hall–Kier alpha value is -2.75. The lowest BCUT2D eigenvalue weighted by Crippen LogP contribution is -2.36. The number of allylic oxidation sites excluding steroid dienone is 1. The molecule has 31 heavy (non-hydrogen) atoms. The Kier molecular flexibility index (Phi) is 6.96. The molecule has 0 unspecified atom stereocenters. The van der Waals surface area contributed by atoms with Gasteiger partial charge < -0.3 is 19.4 Å². The van der Waals surface area contributed by atoms with Gasteiger partial charge in [0.05, 0.1) is 35.9 Å². The first-order valence-corrected chi connectivity index (χ1v) is 11.1. The van der Waals surface area contributed by atoms with Gasteiger partial charge in [-0.05, 0) is 30.3 Å². The van der Waals surface area contributed by atoms with Crippen molar-refractivity contribution in [1.29, 1.82) is 0 Å². The second-order valence-corrected chi connectivity index (χ2v) is 8.13. The summed E-state index contributed by atoms with van der Waals surface area (Å²) in [6.07, 6.45) is 3.33. The second kappa shape index (κ2) is 10.0. The van der Waals surface area contributed by atoms with Crippen LogP contribution in [0.2, 0.25) is 5.02 Å². The molecule has 1 aromatic carbocycles. The van der Waals surface area contributed by atoms with Crippen LogP contribution in [0.25, 0.3) is 11.6 Å². The highest BCUT2D eigenvalue weighted by Gasteiger charge is 2.18. The van der Waals surface area contributed by atoms with E-state index in [9.17, 15) is 4.79 Å². The van der Waals surface area contributed by atoms with E-state index in [1.807, 2.05) is 22.8 Å². The smallest absolute Gasteiger partial charge is 0.234 e. The number of aromatic nitrogens is 3. The Morgan fingerprint density at radius 2 is 2.13 bits per heavy atom. The number of rotatable bonds is 8. The van der Waals surface area contributed by atoms with Crippen molar-refractivity contribution in [2.24, 2.45) is 0 Å². The summed E-state index contributed by atoms with van der Waals surface area (Å²) in [6.45, 7) is 7.25. The summed E-state index contributed by atoms with van der Waals surface area (Å²) < 4.78 is 12.7. The van der Waals surface area contributed by atoms with Crippen molar-refractivity contribution >= 4 is 40.6 Å². The van der Waals surface area contributed by atoms with Crippen molar-refractivity contribution in [3.8, 4) is 11.6 Å². The highest BCUT2D eigenvalue weighted by atomic mass is 35.5. The molecule has 3 aromatic rings. The lowest BCUT2D eigenvalue weighted by molar-refractivity contribution is -0.113. The van der Waals surface area contributed by atoms with Crippen molar-refractivity contribution in [3.63, 3.8) is 0 Å². The molecule has 1 N–H and O–H groups in total. The van der Waals surface area contributed by atoms with Gasteiger partial charge in [-0.15, -0.1) is 16.8 Å². The molecule has 3 heterocycles. The minimum Gasteiger partial charge on any atom is -0.461 e. The number of morpholine rings is 1. The summed E-state index contributed by atoms with van der Waals surface area (Å²) in [6, 6.07) is 9.15. The van der Waals surface area contributed by atoms with Gasteiger partial charge in [0.1, 0.15) is 0 Å². The zero-order valence-electron chi connectivity index (χ0n) is 16.8. The van der Waals surface area contributed by atoms with Gasteiger partial charge in [0.2, 0.25) is 11.7 Å². The Labute approximate surface area is 189 Å². The van der Waals surface area contributed by atoms with Gasteiger partial charge in [0, 0.05) is 25.3 Å². The predicted molar refractivity (Wildman–Crippen MR) is 122 cm³/mol. The molecule has 1 aliphatic heterocycles. The fourth-order valence-electron chi connectivity index (χ4n) is 3.25. The van der Waals surface area contributed by atoms with Gasteiger partial charge in [-0.2, -0.15) is 0 Å². The number of nitrogens with zero attached hydrogens (tertiary/aromatic N) is 4. The van der Waals surface area contributed by atoms with E-state index < -0.39 is 0 Å². The number of hydrogen-bond acceptors (Lipinski definition) is 7. The summed E-state index contributed by atoms with van der Waals surface area (Å²) in [5, 5.41) is 12.5. The maximum Gasteiger partial charge on any atom is 0.234 e. The summed E-state index contributed by atoms with van der Waals surface area (Å²) in [7, 11) is 0. The van der Waals surface area contributed by atoms with Gasteiger partial charge in [-0.3, -0.25) is 9.36 Å². The standard InChI is InChI=1S/C21H22ClN5O3S/c1-2-7-27-20(18-4-3-10-30-18)24-25-21(27)31-14-19(28)23-15-5-6-17(16(22)13-15)26-8-11-29-12-9-26/h2-6,10,13H,1,7-9,11-12,14H2,(H,23,28). The molecule has 0 atom stereocenters. The molecule has 0 bridgehead atoms. The van der Waals surface area contributed by atoms with E-state index in [1.54, 1.807) is 24.5 Å². The lowest BCUT2D eigenvalue weighted by atomic mass is 10.2. The van der Waals surface area contributed by atoms with Gasteiger partial charge in [0.15, 0.2) is 10.9 Å². The van der Waals surface area contributed by atoms with Crippen LogP contribution in [0.3, 0.4) is 0 Å². The zero-order valence-corrected chi connectivity index (χ0v) is 18.4. The summed E-state index contributed by atoms with van der Waals surface area (Å²) in [4.78, 5) is 14.7. The minimum atomic E-state index is -0.159. The maximum atomic E-state index is 12.5. The average Bonchev–Trinajstić information content (AvgIpc) is 3.43. The number of thioether (sulfide) groups is 1. The Morgan fingerprint density at radius 1 is 1.29 bits per heavy atom. The van der Waals surface area contributed by atoms with Crippen LogP contribution in [-0.4, -0.2) is 52.7 Å². The summed E-state index contributed by atoms with van der Waals surface area (Å²) >= 11 is 7.74. The minimum absolute atomic E-state index is 0.159. The van der Waals surface area contributed by atoms with E-state index in [1.165, 1.54) is 11.8 Å². The zero-order chi connectivity index (χ0) is 21.6. The summed E-state index contributed by atoms with van der Waals surface area (Å²) in [5.74, 6) is 1.22. The quantitative estimate of drug-likeness (QED) is 0.403. The van der Waals surface area contributed by atoms with Crippen LogP contribution in [0.5, 0.6) is 0 Å². The number of ether oxygens (including phenoxy) is 1. The van der Waals surface area contributed by atoms with E-state index in [2.05, 4.69) is 27.0 Å². The first kappa shape index (κ1) is 21.5. The van der Waals surface area contributed by atoms with Crippen LogP contribution in [0.15, 0.2) is 58.8 Å². The fraction of sp³-hybridized carbons (Fsp3) is 0.286. The van der Waals surface area contributed by atoms with Gasteiger partial charge in [0.25, 0.3) is 0 Å². The van der Waals surface area contributed by atoms with E-state index in [-0.39, 0.29) is 11.7 Å². The van der Waals surface area contributed by atoms with Crippen molar-refractivity contribution in [3.05, 3.63) is 54.3 Å². The lowest BCUT2D eigenvalue weighted by Gasteiger charge is -2.29. The number of benzene rings is 1. The Balaban J connectivity index is 1.38. The third kappa shape index (κ3) is 5.12. The van der Waals surface area contributed by atoms with Crippen molar-refractivity contribution in [1.82, 2.24) is 14.8 Å².